The summed E-state index contributed by atoms with van der Waals surface area (Å²) in [6.45, 7) is 8.11. The molecular formula is C16H30N3O2+. The van der Waals surface area contributed by atoms with Crippen LogP contribution in [0.3, 0.4) is 0 Å². The second-order valence-corrected chi connectivity index (χ2v) is 6.93. The first-order chi connectivity index (χ1) is 9.91. The maximum Gasteiger partial charge on any atom is 0.281 e. The van der Waals surface area contributed by atoms with Crippen molar-refractivity contribution >= 4 is 11.8 Å². The zero-order valence-electron chi connectivity index (χ0n) is 13.6. The average Bonchev–Trinajstić information content (AvgIpc) is 2.46. The molecule has 0 aromatic heterocycles. The fraction of sp³-hybridized carbons (Fsp3) is 0.875. The number of primary amides is 1. The molecule has 2 aliphatic rings. The highest BCUT2D eigenvalue weighted by Crippen LogP contribution is 2.23. The van der Waals surface area contributed by atoms with Gasteiger partial charge in [-0.25, -0.2) is 0 Å². The number of nitrogens with two attached hydrogens (primary N) is 1. The predicted octanol–water partition coefficient (Wildman–Crippen LogP) is -0.0554. The van der Waals surface area contributed by atoms with Crippen molar-refractivity contribution in [1.82, 2.24) is 4.90 Å². The lowest BCUT2D eigenvalue weighted by Crippen LogP contribution is -3.17. The summed E-state index contributed by atoms with van der Waals surface area (Å²) in [7, 11) is 0. The van der Waals surface area contributed by atoms with E-state index in [9.17, 15) is 9.59 Å². The summed E-state index contributed by atoms with van der Waals surface area (Å²) in [4.78, 5) is 27.5. The van der Waals surface area contributed by atoms with Crippen molar-refractivity contribution in [3.63, 3.8) is 0 Å². The largest absolute Gasteiger partial charge is 0.369 e. The molecule has 2 rings (SSSR count). The van der Waals surface area contributed by atoms with Gasteiger partial charge in [-0.2, -0.15) is 0 Å². The Morgan fingerprint density at radius 2 is 1.62 bits per heavy atom. The molecule has 0 unspecified atom stereocenters. The van der Waals surface area contributed by atoms with Crippen LogP contribution in [0.5, 0.6) is 0 Å². The molecule has 0 spiro atoms. The maximum atomic E-state index is 12.8. The van der Waals surface area contributed by atoms with E-state index in [1.165, 1.54) is 11.3 Å². The van der Waals surface area contributed by atoms with E-state index in [2.05, 4.69) is 18.7 Å². The van der Waals surface area contributed by atoms with Crippen molar-refractivity contribution in [2.45, 2.75) is 71.0 Å². The van der Waals surface area contributed by atoms with Crippen molar-refractivity contribution in [1.29, 1.82) is 0 Å². The molecule has 2 heterocycles. The van der Waals surface area contributed by atoms with E-state index >= 15 is 0 Å². The highest BCUT2D eigenvalue weighted by molar-refractivity contribution is 5.81. The quantitative estimate of drug-likeness (QED) is 0.766. The van der Waals surface area contributed by atoms with Crippen molar-refractivity contribution < 1.29 is 14.5 Å². The number of nitrogens with one attached hydrogen (secondary N) is 1. The minimum Gasteiger partial charge on any atom is -0.369 e. The third-order valence-electron chi connectivity index (χ3n) is 5.46. The summed E-state index contributed by atoms with van der Waals surface area (Å²) in [5.41, 5.74) is 5.38. The number of piperidine rings is 2. The molecular weight excluding hydrogens is 266 g/mol. The van der Waals surface area contributed by atoms with Crippen molar-refractivity contribution in [3.8, 4) is 0 Å². The smallest absolute Gasteiger partial charge is 0.281 e. The maximum absolute atomic E-state index is 12.8. The fourth-order valence-corrected chi connectivity index (χ4v) is 3.96. The summed E-state index contributed by atoms with van der Waals surface area (Å²) < 4.78 is 0. The van der Waals surface area contributed by atoms with Crippen LogP contribution in [0, 0.1) is 5.92 Å². The van der Waals surface area contributed by atoms with E-state index < -0.39 is 0 Å². The third kappa shape index (κ3) is 3.57. The van der Waals surface area contributed by atoms with Gasteiger partial charge in [0.1, 0.15) is 0 Å². The molecule has 5 heteroatoms. The summed E-state index contributed by atoms with van der Waals surface area (Å²) >= 11 is 0. The third-order valence-corrected chi connectivity index (χ3v) is 5.46. The van der Waals surface area contributed by atoms with Gasteiger partial charge in [0.2, 0.25) is 5.91 Å². The number of likely N-dealkylation sites (tertiary alicyclic amines) is 2. The minimum atomic E-state index is -0.189. The molecule has 0 aromatic carbocycles. The van der Waals surface area contributed by atoms with Crippen LogP contribution in [-0.4, -0.2) is 47.9 Å². The second kappa shape index (κ2) is 6.77. The van der Waals surface area contributed by atoms with E-state index in [1.54, 1.807) is 0 Å². The molecule has 3 N–H and O–H groups in total. The molecule has 5 nitrogen and oxygen atoms in total. The average molecular weight is 296 g/mol. The molecule has 2 saturated heterocycles. The molecule has 3 atom stereocenters. The molecule has 21 heavy (non-hydrogen) atoms. The summed E-state index contributed by atoms with van der Waals surface area (Å²) in [5, 5.41) is 0. The molecule has 0 aliphatic carbocycles. The summed E-state index contributed by atoms with van der Waals surface area (Å²) in [6.07, 6.45) is 5.07. The molecule has 0 aromatic rings. The molecule has 2 amide bonds. The van der Waals surface area contributed by atoms with Gasteiger partial charge in [0.05, 0.1) is 13.1 Å². The van der Waals surface area contributed by atoms with Gasteiger partial charge in [-0.1, -0.05) is 0 Å². The van der Waals surface area contributed by atoms with Gasteiger partial charge in [-0.15, -0.1) is 0 Å². The van der Waals surface area contributed by atoms with Crippen molar-refractivity contribution in [3.05, 3.63) is 0 Å². The van der Waals surface area contributed by atoms with Crippen molar-refractivity contribution in [2.75, 3.05) is 13.1 Å². The van der Waals surface area contributed by atoms with Gasteiger partial charge in [0, 0.05) is 30.8 Å². The lowest BCUT2D eigenvalue weighted by molar-refractivity contribution is -0.920. The summed E-state index contributed by atoms with van der Waals surface area (Å²) in [5.74, 6) is 0.0948. The Kier molecular flexibility index (Phi) is 5.25. The first kappa shape index (κ1) is 16.3. The Morgan fingerprint density at radius 3 is 2.10 bits per heavy atom. The van der Waals surface area contributed by atoms with Crippen LogP contribution >= 0.6 is 0 Å². The Morgan fingerprint density at radius 1 is 1.10 bits per heavy atom. The van der Waals surface area contributed by atoms with Crippen LogP contribution in [0.2, 0.25) is 0 Å². The number of carbonyl (C=O) groups excluding carboxylic acids is 2. The van der Waals surface area contributed by atoms with Gasteiger partial charge < -0.3 is 15.5 Å². The highest BCUT2D eigenvalue weighted by atomic mass is 16.2. The number of rotatable bonds is 3. The fourth-order valence-electron chi connectivity index (χ4n) is 3.96. The first-order valence-electron chi connectivity index (χ1n) is 8.38. The molecule has 0 saturated carbocycles. The minimum absolute atomic E-state index is 0.00360. The Labute approximate surface area is 127 Å². The number of quaternary nitrogens is 1. The van der Waals surface area contributed by atoms with Crippen molar-refractivity contribution in [2.24, 2.45) is 11.7 Å². The van der Waals surface area contributed by atoms with E-state index in [1.807, 2.05) is 6.92 Å². The molecule has 120 valence electrons. The van der Waals surface area contributed by atoms with E-state index in [4.69, 9.17) is 5.73 Å². The van der Waals surface area contributed by atoms with Crippen LogP contribution in [0.4, 0.5) is 0 Å². The van der Waals surface area contributed by atoms with Crippen LogP contribution in [-0.2, 0) is 9.59 Å². The van der Waals surface area contributed by atoms with Crippen LogP contribution < -0.4 is 10.6 Å². The normalized spacial score (nSPS) is 35.3. The number of nitrogens with zero attached hydrogens (tertiary/aromatic N) is 1. The number of hydrogen-bond acceptors (Lipinski definition) is 2. The van der Waals surface area contributed by atoms with Gasteiger partial charge in [-0.05, 0) is 40.0 Å². The van der Waals surface area contributed by atoms with E-state index in [0.29, 0.717) is 12.1 Å². The van der Waals surface area contributed by atoms with Gasteiger partial charge in [0.25, 0.3) is 5.91 Å². The Hall–Kier alpha value is -1.10. The lowest BCUT2D eigenvalue weighted by Gasteiger charge is -2.42. The van der Waals surface area contributed by atoms with Gasteiger partial charge >= 0.3 is 0 Å². The summed E-state index contributed by atoms with van der Waals surface area (Å²) in [6, 6.07) is 0.694. The van der Waals surface area contributed by atoms with Crippen LogP contribution in [0.25, 0.3) is 0 Å². The zero-order valence-corrected chi connectivity index (χ0v) is 13.6. The lowest BCUT2D eigenvalue weighted by atomic mass is 9.94. The molecule has 0 radical (unpaired) electrons. The Bertz CT molecular complexity index is 381. The predicted molar refractivity (Wildman–Crippen MR) is 81.7 cm³/mol. The molecule has 2 fully saturated rings. The zero-order chi connectivity index (χ0) is 15.6. The van der Waals surface area contributed by atoms with E-state index in [0.717, 1.165) is 38.8 Å². The van der Waals surface area contributed by atoms with Crippen LogP contribution in [0.1, 0.15) is 52.9 Å². The van der Waals surface area contributed by atoms with Gasteiger partial charge in [0.15, 0.2) is 6.04 Å². The first-order valence-corrected chi connectivity index (χ1v) is 8.38. The standard InChI is InChI=1S/C16H29N3O2/c1-11-5-4-6-12(2)19(11)16(21)13(3)18-9-7-14(8-10-18)15(17)20/h11-14H,4-10H2,1-3H3,(H2,17,20)/p+1/t11-,12-,13-/m1/s1. The SMILES string of the molecule is C[C@@H]1CCC[C@@H](C)N1C(=O)[C@@H](C)[NH+]1CCC(C(N)=O)CC1. The highest BCUT2D eigenvalue weighted by Gasteiger charge is 2.38. The molecule has 0 bridgehead atoms. The monoisotopic (exact) mass is 296 g/mol. The number of carbonyl (C=O) groups is 2. The topological polar surface area (TPSA) is 67.8 Å². The number of hydrogen-bond donors (Lipinski definition) is 2. The molecule has 2 aliphatic heterocycles. The van der Waals surface area contributed by atoms with Gasteiger partial charge in [-0.3, -0.25) is 9.59 Å². The number of amides is 2. The Balaban J connectivity index is 1.95. The second-order valence-electron chi connectivity index (χ2n) is 6.93. The van der Waals surface area contributed by atoms with Crippen LogP contribution in [0.15, 0.2) is 0 Å². The van der Waals surface area contributed by atoms with E-state index in [-0.39, 0.29) is 23.8 Å².